The average Bonchev–Trinajstić information content (AvgIpc) is 2.62. The summed E-state index contributed by atoms with van der Waals surface area (Å²) < 4.78 is 0. The predicted octanol–water partition coefficient (Wildman–Crippen LogP) is 1.45. The fourth-order valence-electron chi connectivity index (χ4n) is 3.56. The van der Waals surface area contributed by atoms with Crippen molar-refractivity contribution < 1.29 is 4.79 Å². The van der Waals surface area contributed by atoms with Crippen molar-refractivity contribution in [3.05, 3.63) is 34.9 Å². The topological polar surface area (TPSA) is 38.8 Å². The number of halogens is 1. The van der Waals surface area contributed by atoms with E-state index in [1.807, 2.05) is 23.1 Å². The maximum absolute atomic E-state index is 12.9. The molecule has 2 heterocycles. The van der Waals surface area contributed by atoms with Crippen molar-refractivity contribution in [2.75, 3.05) is 58.9 Å². The zero-order valence-corrected chi connectivity index (χ0v) is 15.1. The van der Waals surface area contributed by atoms with Gasteiger partial charge in [0.25, 0.3) is 0 Å². The summed E-state index contributed by atoms with van der Waals surface area (Å²) in [5.74, 6) is 0.228. The molecule has 0 spiro atoms. The van der Waals surface area contributed by atoms with Crippen molar-refractivity contribution in [1.82, 2.24) is 20.0 Å². The lowest BCUT2D eigenvalue weighted by molar-refractivity contribution is -0.136. The van der Waals surface area contributed by atoms with E-state index in [9.17, 15) is 4.79 Å². The van der Waals surface area contributed by atoms with Gasteiger partial charge in [-0.05, 0) is 24.2 Å². The number of benzene rings is 1. The highest BCUT2D eigenvalue weighted by Gasteiger charge is 2.29. The third-order valence-corrected chi connectivity index (χ3v) is 5.30. The minimum absolute atomic E-state index is 0.0712. The molecule has 0 aliphatic carbocycles. The molecule has 6 heteroatoms. The van der Waals surface area contributed by atoms with Gasteiger partial charge in [0.2, 0.25) is 5.91 Å². The third-order valence-electron chi connectivity index (χ3n) is 5.07. The maximum Gasteiger partial charge on any atom is 0.237 e. The molecule has 2 fully saturated rings. The summed E-state index contributed by atoms with van der Waals surface area (Å²) in [7, 11) is 0. The van der Waals surface area contributed by atoms with Gasteiger partial charge in [-0.15, -0.1) is 0 Å². The summed E-state index contributed by atoms with van der Waals surface area (Å²) >= 11 is 6.14. The largest absolute Gasteiger partial charge is 0.332 e. The van der Waals surface area contributed by atoms with E-state index in [0.29, 0.717) is 6.54 Å². The zero-order chi connectivity index (χ0) is 16.9. The Labute approximate surface area is 149 Å². The molecule has 0 aromatic heterocycles. The number of piperazine rings is 2. The van der Waals surface area contributed by atoms with Gasteiger partial charge in [0.05, 0.1) is 12.6 Å². The second-order valence-corrected chi connectivity index (χ2v) is 7.01. The molecule has 1 aromatic carbocycles. The lowest BCUT2D eigenvalue weighted by Gasteiger charge is -2.39. The molecule has 1 aromatic rings. The lowest BCUT2D eigenvalue weighted by Crippen LogP contribution is -2.54. The van der Waals surface area contributed by atoms with Crippen molar-refractivity contribution in [2.45, 2.75) is 13.0 Å². The summed E-state index contributed by atoms with van der Waals surface area (Å²) in [4.78, 5) is 19.6. The van der Waals surface area contributed by atoms with Crippen LogP contribution in [0.2, 0.25) is 5.02 Å². The van der Waals surface area contributed by atoms with Gasteiger partial charge in [-0.25, -0.2) is 0 Å². The van der Waals surface area contributed by atoms with E-state index in [0.717, 1.165) is 62.9 Å². The molecular formula is C18H27ClN4O. The average molecular weight is 351 g/mol. The maximum atomic E-state index is 12.9. The molecule has 0 bridgehead atoms. The van der Waals surface area contributed by atoms with E-state index >= 15 is 0 Å². The molecule has 5 nitrogen and oxygen atoms in total. The fraction of sp³-hybridized carbons (Fsp3) is 0.611. The number of likely N-dealkylation sites (N-methyl/N-ethyl adjacent to an activating group) is 1. The van der Waals surface area contributed by atoms with Crippen LogP contribution in [0.15, 0.2) is 24.3 Å². The molecular weight excluding hydrogens is 324 g/mol. The van der Waals surface area contributed by atoms with Gasteiger partial charge in [0.1, 0.15) is 0 Å². The van der Waals surface area contributed by atoms with Crippen LogP contribution >= 0.6 is 11.6 Å². The van der Waals surface area contributed by atoms with E-state index in [1.165, 1.54) is 0 Å². The number of carbonyl (C=O) groups is 1. The number of carbonyl (C=O) groups excluding carboxylic acids is 1. The minimum atomic E-state index is 0.0712. The summed E-state index contributed by atoms with van der Waals surface area (Å²) in [6, 6.07) is 7.94. The van der Waals surface area contributed by atoms with Crippen LogP contribution in [0, 0.1) is 0 Å². The van der Waals surface area contributed by atoms with Gasteiger partial charge >= 0.3 is 0 Å². The first-order chi connectivity index (χ1) is 11.7. The van der Waals surface area contributed by atoms with Crippen LogP contribution in [0.25, 0.3) is 0 Å². The molecule has 2 aliphatic heterocycles. The number of hydrogen-bond donors (Lipinski definition) is 1. The van der Waals surface area contributed by atoms with Gasteiger partial charge in [0.15, 0.2) is 0 Å². The Balaban J connectivity index is 1.63. The molecule has 0 radical (unpaired) electrons. The van der Waals surface area contributed by atoms with Crippen LogP contribution in [-0.2, 0) is 4.79 Å². The van der Waals surface area contributed by atoms with E-state index < -0.39 is 0 Å². The molecule has 1 unspecified atom stereocenters. The Morgan fingerprint density at radius 1 is 1.21 bits per heavy atom. The van der Waals surface area contributed by atoms with Crippen LogP contribution in [0.1, 0.15) is 18.5 Å². The van der Waals surface area contributed by atoms with Crippen LogP contribution in [-0.4, -0.2) is 79.5 Å². The molecule has 1 atom stereocenters. The monoisotopic (exact) mass is 350 g/mol. The Morgan fingerprint density at radius 3 is 2.67 bits per heavy atom. The van der Waals surface area contributed by atoms with Crippen molar-refractivity contribution in [2.24, 2.45) is 0 Å². The van der Waals surface area contributed by atoms with Crippen molar-refractivity contribution >= 4 is 17.5 Å². The Hall–Kier alpha value is -1.14. The SMILES string of the molecule is CCN1CCN(CC(=O)N2CCNCC2c2cccc(Cl)c2)CC1. The Bertz CT molecular complexity index is 560. The van der Waals surface area contributed by atoms with Gasteiger partial charge in [-0.3, -0.25) is 9.69 Å². The van der Waals surface area contributed by atoms with Gasteiger partial charge in [-0.1, -0.05) is 30.7 Å². The standard InChI is InChI=1S/C18H27ClN4O/c1-2-21-8-10-22(11-9-21)14-18(24)23-7-6-20-13-17(23)15-4-3-5-16(19)12-15/h3-5,12,17,20H,2,6-11,13-14H2,1H3. The third kappa shape index (κ3) is 4.28. The number of rotatable bonds is 4. The zero-order valence-electron chi connectivity index (χ0n) is 14.4. The lowest BCUT2D eigenvalue weighted by atomic mass is 10.0. The minimum Gasteiger partial charge on any atom is -0.332 e. The highest BCUT2D eigenvalue weighted by atomic mass is 35.5. The predicted molar refractivity (Wildman–Crippen MR) is 97.3 cm³/mol. The number of nitrogens with one attached hydrogen (secondary N) is 1. The number of hydrogen-bond acceptors (Lipinski definition) is 4. The molecule has 24 heavy (non-hydrogen) atoms. The van der Waals surface area contributed by atoms with E-state index in [4.69, 9.17) is 11.6 Å². The molecule has 132 valence electrons. The van der Waals surface area contributed by atoms with E-state index in [-0.39, 0.29) is 11.9 Å². The quantitative estimate of drug-likeness (QED) is 0.892. The fourth-order valence-corrected chi connectivity index (χ4v) is 3.76. The van der Waals surface area contributed by atoms with Crippen LogP contribution < -0.4 is 5.32 Å². The van der Waals surface area contributed by atoms with Gasteiger partial charge < -0.3 is 15.1 Å². The number of nitrogens with zero attached hydrogens (tertiary/aromatic N) is 3. The summed E-state index contributed by atoms with van der Waals surface area (Å²) in [5, 5.41) is 4.12. The van der Waals surface area contributed by atoms with Gasteiger partial charge in [0, 0.05) is 50.8 Å². The van der Waals surface area contributed by atoms with Crippen LogP contribution in [0.3, 0.4) is 0 Å². The second kappa shape index (κ2) is 8.30. The summed E-state index contributed by atoms with van der Waals surface area (Å²) in [6.07, 6.45) is 0. The van der Waals surface area contributed by atoms with Crippen LogP contribution in [0.4, 0.5) is 0 Å². The number of amides is 1. The van der Waals surface area contributed by atoms with E-state index in [1.54, 1.807) is 0 Å². The Morgan fingerprint density at radius 2 is 1.96 bits per heavy atom. The molecule has 1 amide bonds. The first-order valence-corrected chi connectivity index (χ1v) is 9.25. The molecule has 1 N–H and O–H groups in total. The Kier molecular flexibility index (Phi) is 6.11. The highest BCUT2D eigenvalue weighted by molar-refractivity contribution is 6.30. The normalized spacial score (nSPS) is 23.4. The van der Waals surface area contributed by atoms with Crippen molar-refractivity contribution in [1.29, 1.82) is 0 Å². The first-order valence-electron chi connectivity index (χ1n) is 8.87. The summed E-state index contributed by atoms with van der Waals surface area (Å²) in [6.45, 7) is 10.3. The van der Waals surface area contributed by atoms with Gasteiger partial charge in [-0.2, -0.15) is 0 Å². The highest BCUT2D eigenvalue weighted by Crippen LogP contribution is 2.25. The molecule has 0 saturated carbocycles. The van der Waals surface area contributed by atoms with Crippen molar-refractivity contribution in [3.8, 4) is 0 Å². The second-order valence-electron chi connectivity index (χ2n) is 6.57. The van der Waals surface area contributed by atoms with Crippen LogP contribution in [0.5, 0.6) is 0 Å². The first kappa shape index (κ1) is 17.7. The smallest absolute Gasteiger partial charge is 0.237 e. The van der Waals surface area contributed by atoms with Crippen molar-refractivity contribution in [3.63, 3.8) is 0 Å². The summed E-state index contributed by atoms with van der Waals surface area (Å²) in [5.41, 5.74) is 1.11. The molecule has 2 saturated heterocycles. The molecule has 2 aliphatic rings. The molecule has 3 rings (SSSR count). The van der Waals surface area contributed by atoms with E-state index in [2.05, 4.69) is 28.1 Å².